The van der Waals surface area contributed by atoms with Gasteiger partial charge < -0.3 is 41.5 Å². The summed E-state index contributed by atoms with van der Waals surface area (Å²) in [7, 11) is 1.85. The molecule has 224 valence electrons. The molecule has 16 nitrogen and oxygen atoms in total. The van der Waals surface area contributed by atoms with Crippen molar-refractivity contribution in [3.63, 3.8) is 0 Å². The number of pyridine rings is 1. The molecule has 2 aliphatic heterocycles. The molecular weight excluding hydrogens is 596 g/mol. The maximum absolute atomic E-state index is 13.2. The van der Waals surface area contributed by atoms with Crippen molar-refractivity contribution in [2.75, 3.05) is 37.8 Å². The number of carboxylic acids is 2. The lowest BCUT2D eigenvalue weighted by Crippen LogP contribution is -2.73. The number of hydrogen-bond donors (Lipinski definition) is 6. The Labute approximate surface area is 247 Å². The first-order valence-corrected chi connectivity index (χ1v) is 13.7. The molecule has 0 unspecified atom stereocenters. The molecule has 2 aromatic heterocycles. The van der Waals surface area contributed by atoms with Crippen LogP contribution in [-0.4, -0.2) is 94.7 Å². The molecule has 2 amide bonds. The molecule has 3 atom stereocenters. The maximum atomic E-state index is 13.2. The number of thiazole rings is 1. The third kappa shape index (κ3) is 6.59. The zero-order valence-electron chi connectivity index (χ0n) is 22.4. The number of ether oxygens (including phenoxy) is 1. The van der Waals surface area contributed by atoms with E-state index in [0.29, 0.717) is 5.57 Å². The minimum absolute atomic E-state index is 0.00428. The molecule has 0 aromatic carbocycles. The summed E-state index contributed by atoms with van der Waals surface area (Å²) in [6.45, 7) is 2.73. The molecule has 2 aliphatic rings. The van der Waals surface area contributed by atoms with Crippen LogP contribution in [0.3, 0.4) is 0 Å². The number of fused-ring (bicyclic) bond motifs is 1. The van der Waals surface area contributed by atoms with Crippen molar-refractivity contribution in [3.8, 4) is 0 Å². The number of oxime groups is 1. The van der Waals surface area contributed by atoms with E-state index >= 15 is 0 Å². The van der Waals surface area contributed by atoms with Gasteiger partial charge in [0.2, 0.25) is 6.10 Å². The smallest absolute Gasteiger partial charge is 0.352 e. The molecule has 42 heavy (non-hydrogen) atoms. The van der Waals surface area contributed by atoms with Crippen LogP contribution in [0.4, 0.5) is 10.8 Å². The molecule has 4 rings (SSSR count). The predicted molar refractivity (Wildman–Crippen MR) is 148 cm³/mol. The second-order valence-corrected chi connectivity index (χ2v) is 10.7. The van der Waals surface area contributed by atoms with E-state index in [9.17, 15) is 24.3 Å². The molecule has 7 N–H and O–H groups in total. The minimum Gasteiger partial charge on any atom is -0.478 e. The summed E-state index contributed by atoms with van der Waals surface area (Å²) in [5, 5.41) is 31.3. The molecule has 4 heterocycles. The molecule has 0 aliphatic carbocycles. The zero-order valence-corrected chi connectivity index (χ0v) is 23.9. The second-order valence-electron chi connectivity index (χ2n) is 9.11. The monoisotopic (exact) mass is 623 g/mol. The van der Waals surface area contributed by atoms with Crippen LogP contribution < -0.4 is 26.3 Å². The number of rotatable bonds is 13. The Morgan fingerprint density at radius 1 is 1.33 bits per heavy atom. The summed E-state index contributed by atoms with van der Waals surface area (Å²) >= 11 is 6.97. The number of carbonyl (C=O) groups is 4. The van der Waals surface area contributed by atoms with Crippen LogP contribution in [0.25, 0.3) is 0 Å². The van der Waals surface area contributed by atoms with Crippen LogP contribution in [0, 0.1) is 0 Å². The van der Waals surface area contributed by atoms with E-state index in [1.54, 1.807) is 17.0 Å². The molecule has 0 bridgehead atoms. The highest BCUT2D eigenvalue weighted by Crippen LogP contribution is 2.33. The highest BCUT2D eigenvalue weighted by molar-refractivity contribution is 7.19. The standard InChI is InChI=1S/C24H27ClN8O8S/c1-11(22(36)37)41-31-15(14-18(25)42-24(26)30-14)19(34)29-16-20(35)33-17(23(38)39)12(10-40-21(16)33)9-32-7-3-13(4-8-32)28-6-5-27-2/h3-4,7-8,11,16,21,27H,5-6,9-10H2,1-2H3,(H5,26,29,30,34,36,37,38,39)/p+1/t11-,16+,21+/m0/s1. The number of hydrogen-bond acceptors (Lipinski definition) is 12. The zero-order chi connectivity index (χ0) is 30.6. The number of amides is 2. The number of nitrogens with one attached hydrogen (secondary N) is 3. The van der Waals surface area contributed by atoms with Crippen LogP contribution in [0.15, 0.2) is 41.0 Å². The predicted octanol–water partition coefficient (Wildman–Crippen LogP) is -0.786. The molecule has 1 saturated heterocycles. The highest BCUT2D eigenvalue weighted by atomic mass is 35.5. The molecule has 18 heteroatoms. The maximum Gasteiger partial charge on any atom is 0.352 e. The Kier molecular flexibility index (Phi) is 9.56. The van der Waals surface area contributed by atoms with Gasteiger partial charge in [0.1, 0.15) is 15.7 Å². The summed E-state index contributed by atoms with van der Waals surface area (Å²) in [5.41, 5.74) is 5.94. The summed E-state index contributed by atoms with van der Waals surface area (Å²) in [4.78, 5) is 59.4. The third-order valence-electron chi connectivity index (χ3n) is 6.20. The minimum atomic E-state index is -1.42. The molecule has 0 spiro atoms. The van der Waals surface area contributed by atoms with Gasteiger partial charge in [0, 0.05) is 30.9 Å². The van der Waals surface area contributed by atoms with Gasteiger partial charge in [0.15, 0.2) is 42.1 Å². The van der Waals surface area contributed by atoms with Crippen LogP contribution in [-0.2, 0) is 35.3 Å². The Morgan fingerprint density at radius 3 is 2.64 bits per heavy atom. The van der Waals surface area contributed by atoms with Crippen molar-refractivity contribution < 1.29 is 43.5 Å². The number of nitrogen functional groups attached to an aromatic ring is 1. The average Bonchev–Trinajstić information content (AvgIpc) is 3.29. The number of aromatic nitrogens is 2. The van der Waals surface area contributed by atoms with Gasteiger partial charge in [-0.1, -0.05) is 28.1 Å². The number of β-lactam (4-membered cyclic amide) rings is 1. The molecular formula is C24H28ClN8O8S+. The van der Waals surface area contributed by atoms with Gasteiger partial charge in [0.25, 0.3) is 11.8 Å². The van der Waals surface area contributed by atoms with Crippen molar-refractivity contribution in [1.29, 1.82) is 0 Å². The van der Waals surface area contributed by atoms with E-state index in [0.717, 1.165) is 35.0 Å². The van der Waals surface area contributed by atoms with Crippen molar-refractivity contribution in [2.45, 2.75) is 31.8 Å². The van der Waals surface area contributed by atoms with Crippen LogP contribution in [0.1, 0.15) is 12.6 Å². The Morgan fingerprint density at radius 2 is 2.05 bits per heavy atom. The second kappa shape index (κ2) is 13.1. The Bertz CT molecular complexity index is 1450. The van der Waals surface area contributed by atoms with Crippen molar-refractivity contribution in [3.05, 3.63) is 45.8 Å². The van der Waals surface area contributed by atoms with Crippen LogP contribution in [0.5, 0.6) is 0 Å². The molecule has 0 saturated carbocycles. The normalized spacial score (nSPS) is 19.1. The number of carboxylic acid groups (broad SMARTS) is 2. The Balaban J connectivity index is 1.50. The Hall–Kier alpha value is -4.32. The summed E-state index contributed by atoms with van der Waals surface area (Å²) in [6.07, 6.45) is 1.00. The number of aliphatic carboxylic acids is 2. The summed E-state index contributed by atoms with van der Waals surface area (Å²) < 4.78 is 7.51. The molecule has 0 radical (unpaired) electrons. The van der Waals surface area contributed by atoms with E-state index in [1.807, 2.05) is 19.2 Å². The van der Waals surface area contributed by atoms with Gasteiger partial charge in [-0.3, -0.25) is 14.5 Å². The van der Waals surface area contributed by atoms with Crippen molar-refractivity contribution in [1.82, 2.24) is 20.5 Å². The first kappa shape index (κ1) is 30.6. The summed E-state index contributed by atoms with van der Waals surface area (Å²) in [6, 6.07) is 2.40. The topological polar surface area (TPSA) is 222 Å². The molecule has 2 aromatic rings. The van der Waals surface area contributed by atoms with E-state index < -0.39 is 47.8 Å². The first-order valence-electron chi connectivity index (χ1n) is 12.5. The van der Waals surface area contributed by atoms with E-state index in [2.05, 4.69) is 26.1 Å². The van der Waals surface area contributed by atoms with Gasteiger partial charge in [-0.2, -0.15) is 0 Å². The fourth-order valence-electron chi connectivity index (χ4n) is 4.08. The quantitative estimate of drug-likeness (QED) is 0.0531. The number of nitrogens with zero attached hydrogens (tertiary/aromatic N) is 4. The highest BCUT2D eigenvalue weighted by Gasteiger charge is 2.55. The van der Waals surface area contributed by atoms with E-state index in [4.69, 9.17) is 32.0 Å². The number of halogens is 1. The third-order valence-corrected chi connectivity index (χ3v) is 7.28. The lowest BCUT2D eigenvalue weighted by atomic mass is 9.98. The fourth-order valence-corrected chi connectivity index (χ4v) is 5.01. The van der Waals surface area contributed by atoms with Crippen molar-refractivity contribution in [2.24, 2.45) is 5.16 Å². The number of nitrogens with two attached hydrogens (primary N) is 1. The van der Waals surface area contributed by atoms with Crippen LogP contribution in [0.2, 0.25) is 4.34 Å². The van der Waals surface area contributed by atoms with Gasteiger partial charge in [-0.15, -0.1) is 0 Å². The van der Waals surface area contributed by atoms with Gasteiger partial charge >= 0.3 is 11.9 Å². The molecule has 1 fully saturated rings. The number of carbonyl (C=O) groups excluding carboxylic acids is 2. The van der Waals surface area contributed by atoms with Gasteiger partial charge in [-0.05, 0) is 14.0 Å². The first-order chi connectivity index (χ1) is 20.0. The van der Waals surface area contributed by atoms with Gasteiger partial charge in [0.05, 0.1) is 12.2 Å². The summed E-state index contributed by atoms with van der Waals surface area (Å²) in [5.74, 6) is -4.40. The van der Waals surface area contributed by atoms with E-state index in [1.165, 1.54) is 6.92 Å². The number of anilines is 2. The average molecular weight is 624 g/mol. The lowest BCUT2D eigenvalue weighted by molar-refractivity contribution is -0.689. The fraction of sp³-hybridized carbons (Fsp3) is 0.375. The van der Waals surface area contributed by atoms with Gasteiger partial charge in [-0.25, -0.2) is 19.1 Å². The largest absolute Gasteiger partial charge is 0.478 e. The number of likely N-dealkylation sites (N-methyl/N-ethyl adjacent to an activating group) is 1. The SMILES string of the molecule is CNCCNc1cc[n+](CC2=C(C(=O)O)N3C(=O)[C@@H](NC(=O)C(=NO[C@@H](C)C(=O)O)c4nc(N)sc4Cl)[C@H]3OC2)cc1. The van der Waals surface area contributed by atoms with Crippen LogP contribution >= 0.6 is 22.9 Å². The van der Waals surface area contributed by atoms with E-state index in [-0.39, 0.29) is 34.0 Å². The lowest BCUT2D eigenvalue weighted by Gasteiger charge is -2.48. The van der Waals surface area contributed by atoms with Crippen molar-refractivity contribution >= 4 is 63.2 Å².